The van der Waals surface area contributed by atoms with Crippen molar-refractivity contribution >= 4 is 12.1 Å². The molecule has 5 aliphatic rings. The van der Waals surface area contributed by atoms with Gasteiger partial charge in [0.1, 0.15) is 12.3 Å². The van der Waals surface area contributed by atoms with E-state index < -0.39 is 30.5 Å². The molecule has 0 aromatic carbocycles. The van der Waals surface area contributed by atoms with E-state index in [4.69, 9.17) is 5.73 Å². The number of nitrogens with one attached hydrogen (secondary N) is 4. The van der Waals surface area contributed by atoms with Crippen molar-refractivity contribution in [1.82, 2.24) is 31.1 Å². The van der Waals surface area contributed by atoms with Crippen molar-refractivity contribution in [3.63, 3.8) is 0 Å². The standard InChI is InChI=1S/C28H50F2N8O/c1-3-4-7-28(2)13-21-24(26(31)36-23(28)12-18(29)14-34-21)27(39)35-22-16-33-15-20(30)25(22)37-9-5-19(6-10-37)38-11-8-32-17-38/h14,18-26,32-33,36H,3-13,15-17,31H2,1-2H3,(H,35,39). The van der Waals surface area contributed by atoms with Gasteiger partial charge in [-0.2, -0.15) is 0 Å². The Hall–Kier alpha value is -1.24. The third kappa shape index (κ3) is 6.48. The van der Waals surface area contributed by atoms with E-state index in [1.54, 1.807) is 0 Å². The van der Waals surface area contributed by atoms with E-state index in [1.807, 2.05) is 0 Å². The Kier molecular flexibility index (Phi) is 9.55. The highest BCUT2D eigenvalue weighted by molar-refractivity contribution is 5.81. The number of alkyl halides is 2. The summed E-state index contributed by atoms with van der Waals surface area (Å²) in [5.41, 5.74) is 6.44. The smallest absolute Gasteiger partial charge is 0.228 e. The number of carbonyl (C=O) groups excluding carboxylic acids is 1. The first kappa shape index (κ1) is 29.3. The van der Waals surface area contributed by atoms with E-state index in [0.717, 1.165) is 65.0 Å². The minimum absolute atomic E-state index is 0.132. The lowest BCUT2D eigenvalue weighted by atomic mass is 9.71. The molecule has 0 aromatic rings. The largest absolute Gasteiger partial charge is 0.350 e. The maximum Gasteiger partial charge on any atom is 0.228 e. The van der Waals surface area contributed by atoms with Crippen LogP contribution in [-0.4, -0.2) is 117 Å². The van der Waals surface area contributed by atoms with Crippen LogP contribution in [0.4, 0.5) is 8.78 Å². The van der Waals surface area contributed by atoms with Crippen LogP contribution in [0.2, 0.25) is 0 Å². The molecular weight excluding hydrogens is 502 g/mol. The van der Waals surface area contributed by atoms with Crippen LogP contribution in [0.25, 0.3) is 0 Å². The van der Waals surface area contributed by atoms with Gasteiger partial charge in [-0.25, -0.2) is 8.78 Å². The maximum absolute atomic E-state index is 15.5. The van der Waals surface area contributed by atoms with Gasteiger partial charge in [0.25, 0.3) is 0 Å². The molecule has 0 aliphatic carbocycles. The van der Waals surface area contributed by atoms with Crippen LogP contribution in [0.5, 0.6) is 0 Å². The molecule has 4 saturated heterocycles. The van der Waals surface area contributed by atoms with E-state index in [1.165, 1.54) is 6.21 Å². The first-order valence-electron chi connectivity index (χ1n) is 15.3. The predicted octanol–water partition coefficient (Wildman–Crippen LogP) is 0.749. The van der Waals surface area contributed by atoms with Crippen LogP contribution >= 0.6 is 0 Å². The van der Waals surface area contributed by atoms with Gasteiger partial charge in [-0.15, -0.1) is 0 Å². The highest BCUT2D eigenvalue weighted by atomic mass is 19.1. The van der Waals surface area contributed by atoms with E-state index in [0.29, 0.717) is 32.0 Å². The Morgan fingerprint density at radius 2 is 1.97 bits per heavy atom. The molecule has 0 spiro atoms. The quantitative estimate of drug-likeness (QED) is 0.317. The fraction of sp³-hybridized carbons (Fsp3) is 0.929. The van der Waals surface area contributed by atoms with Crippen molar-refractivity contribution in [2.75, 3.05) is 45.9 Å². The molecule has 222 valence electrons. The molecule has 2 bridgehead atoms. The van der Waals surface area contributed by atoms with Gasteiger partial charge in [0.15, 0.2) is 0 Å². The summed E-state index contributed by atoms with van der Waals surface area (Å²) in [5.74, 6) is -0.858. The number of amides is 1. The zero-order chi connectivity index (χ0) is 27.6. The van der Waals surface area contributed by atoms with Crippen LogP contribution in [-0.2, 0) is 4.79 Å². The molecule has 4 fully saturated rings. The molecule has 5 heterocycles. The average Bonchev–Trinajstić information content (AvgIpc) is 3.43. The summed E-state index contributed by atoms with van der Waals surface area (Å²) in [4.78, 5) is 23.3. The molecule has 0 aromatic heterocycles. The van der Waals surface area contributed by atoms with Crippen molar-refractivity contribution < 1.29 is 13.6 Å². The van der Waals surface area contributed by atoms with E-state index in [-0.39, 0.29) is 29.4 Å². The third-order valence-electron chi connectivity index (χ3n) is 10.2. The van der Waals surface area contributed by atoms with Crippen LogP contribution < -0.4 is 27.0 Å². The summed E-state index contributed by atoms with van der Waals surface area (Å²) in [6, 6.07) is -0.765. The van der Waals surface area contributed by atoms with E-state index in [2.05, 4.69) is 49.9 Å². The topological polar surface area (TPSA) is 110 Å². The van der Waals surface area contributed by atoms with Gasteiger partial charge >= 0.3 is 0 Å². The van der Waals surface area contributed by atoms with Gasteiger partial charge in [-0.05, 0) is 37.5 Å². The summed E-state index contributed by atoms with van der Waals surface area (Å²) in [7, 11) is 0. The van der Waals surface area contributed by atoms with Crippen LogP contribution in [0.15, 0.2) is 4.99 Å². The molecule has 9 nitrogen and oxygen atoms in total. The molecule has 9 atom stereocenters. The van der Waals surface area contributed by atoms with Gasteiger partial charge in [-0.1, -0.05) is 26.7 Å². The molecule has 6 N–H and O–H groups in total. The fourth-order valence-electron chi connectivity index (χ4n) is 7.86. The van der Waals surface area contributed by atoms with Crippen LogP contribution in [0.1, 0.15) is 58.8 Å². The second-order valence-corrected chi connectivity index (χ2v) is 12.9. The number of aliphatic imine (C=N–C) groups is 1. The van der Waals surface area contributed by atoms with Crippen LogP contribution in [0, 0.1) is 11.3 Å². The average molecular weight is 553 g/mol. The lowest BCUT2D eigenvalue weighted by molar-refractivity contribution is -0.128. The Morgan fingerprint density at radius 3 is 2.69 bits per heavy atom. The summed E-state index contributed by atoms with van der Waals surface area (Å²) in [6.07, 6.45) is 4.51. The monoisotopic (exact) mass is 552 g/mol. The van der Waals surface area contributed by atoms with Gasteiger partial charge in [0, 0.05) is 64.2 Å². The number of likely N-dealkylation sites (tertiary alicyclic amines) is 1. The molecular formula is C28H50F2N8O. The second kappa shape index (κ2) is 12.7. The predicted molar refractivity (Wildman–Crippen MR) is 150 cm³/mol. The van der Waals surface area contributed by atoms with Crippen molar-refractivity contribution in [3.05, 3.63) is 0 Å². The maximum atomic E-state index is 15.5. The number of fused-ring (bicyclic) bond motifs is 3. The van der Waals surface area contributed by atoms with Gasteiger partial charge in [-0.3, -0.25) is 24.9 Å². The zero-order valence-corrected chi connectivity index (χ0v) is 23.8. The summed E-state index contributed by atoms with van der Waals surface area (Å²) >= 11 is 0. The zero-order valence-electron chi connectivity index (χ0n) is 23.8. The highest BCUT2D eigenvalue weighted by Gasteiger charge is 2.49. The number of nitrogens with zero attached hydrogens (tertiary/aromatic N) is 3. The van der Waals surface area contributed by atoms with Crippen LogP contribution in [0.3, 0.4) is 0 Å². The van der Waals surface area contributed by atoms with Crippen molar-refractivity contribution in [1.29, 1.82) is 0 Å². The van der Waals surface area contributed by atoms with Crippen molar-refractivity contribution in [3.8, 4) is 0 Å². The number of nitrogens with two attached hydrogens (primary N) is 1. The Bertz CT molecular complexity index is 851. The number of halogens is 2. The lowest BCUT2D eigenvalue weighted by Crippen LogP contribution is -2.67. The second-order valence-electron chi connectivity index (χ2n) is 12.9. The number of hydrogen-bond acceptors (Lipinski definition) is 8. The van der Waals surface area contributed by atoms with Crippen molar-refractivity contribution in [2.24, 2.45) is 22.1 Å². The van der Waals surface area contributed by atoms with Crippen molar-refractivity contribution in [2.45, 2.75) is 108 Å². The molecule has 0 saturated carbocycles. The number of carbonyl (C=O) groups is 1. The number of hydrogen-bond donors (Lipinski definition) is 5. The SMILES string of the molecule is CCCCC1(C)CC2N=CC(F)CC1NC(N)C2C(=O)NC1CNCC(F)C1N1CCC(N2CCNC2)CC1. The Morgan fingerprint density at radius 1 is 1.18 bits per heavy atom. The molecule has 39 heavy (non-hydrogen) atoms. The first-order chi connectivity index (χ1) is 18.8. The fourth-order valence-corrected chi connectivity index (χ4v) is 7.86. The first-order valence-corrected chi connectivity index (χ1v) is 15.3. The minimum Gasteiger partial charge on any atom is -0.350 e. The minimum atomic E-state index is -1.17. The Labute approximate surface area is 232 Å². The molecule has 11 heteroatoms. The van der Waals surface area contributed by atoms with Gasteiger partial charge < -0.3 is 21.7 Å². The molecule has 5 aliphatic heterocycles. The number of rotatable bonds is 7. The highest BCUT2D eigenvalue weighted by Crippen LogP contribution is 2.42. The number of piperidine rings is 2. The Balaban J connectivity index is 1.29. The molecule has 0 radical (unpaired) electrons. The molecule has 5 rings (SSSR count). The lowest BCUT2D eigenvalue weighted by Gasteiger charge is -2.46. The summed E-state index contributed by atoms with van der Waals surface area (Å²) in [5, 5.41) is 13.2. The van der Waals surface area contributed by atoms with Gasteiger partial charge in [0.05, 0.1) is 30.2 Å². The van der Waals surface area contributed by atoms with E-state index in [9.17, 15) is 9.18 Å². The molecule has 9 unspecified atom stereocenters. The number of unbranched alkanes of at least 4 members (excludes halogenated alkanes) is 1. The van der Waals surface area contributed by atoms with E-state index >= 15 is 4.39 Å². The summed E-state index contributed by atoms with van der Waals surface area (Å²) < 4.78 is 30.2. The molecule has 1 amide bonds. The van der Waals surface area contributed by atoms with Gasteiger partial charge in [0.2, 0.25) is 5.91 Å². The third-order valence-corrected chi connectivity index (χ3v) is 10.2. The summed E-state index contributed by atoms with van der Waals surface area (Å²) in [6.45, 7) is 9.83. The normalized spacial score (nSPS) is 42.7.